The van der Waals surface area contributed by atoms with Crippen LogP contribution >= 0.6 is 0 Å². The van der Waals surface area contributed by atoms with Gasteiger partial charge in [0.15, 0.2) is 0 Å². The van der Waals surface area contributed by atoms with Crippen LogP contribution in [0.25, 0.3) is 11.0 Å². The molecule has 0 aliphatic rings. The molecule has 0 saturated heterocycles. The van der Waals surface area contributed by atoms with Crippen molar-refractivity contribution in [1.82, 2.24) is 15.3 Å². The number of para-hydroxylation sites is 2. The fourth-order valence-corrected chi connectivity index (χ4v) is 2.17. The van der Waals surface area contributed by atoms with Gasteiger partial charge in [0.1, 0.15) is 0 Å². The van der Waals surface area contributed by atoms with E-state index >= 15 is 0 Å². The van der Waals surface area contributed by atoms with Crippen molar-refractivity contribution >= 4 is 11.0 Å². The van der Waals surface area contributed by atoms with E-state index < -0.39 is 0 Å². The van der Waals surface area contributed by atoms with Crippen LogP contribution in [-0.4, -0.2) is 16.5 Å². The molecule has 0 amide bonds. The highest BCUT2D eigenvalue weighted by Crippen LogP contribution is 2.31. The molecule has 0 saturated carbocycles. The average Bonchev–Trinajstić information content (AvgIpc) is 2.34. The molecule has 0 radical (unpaired) electrons. The quantitative estimate of drug-likeness (QED) is 0.898. The Morgan fingerprint density at radius 3 is 2.44 bits per heavy atom. The Hall–Kier alpha value is -1.48. The first-order chi connectivity index (χ1) is 8.52. The highest BCUT2D eigenvalue weighted by Gasteiger charge is 2.26. The molecule has 1 heterocycles. The molecule has 0 fully saturated rings. The molecule has 3 heteroatoms. The molecule has 0 aliphatic carbocycles. The Bertz CT molecular complexity index is 528. The van der Waals surface area contributed by atoms with Gasteiger partial charge in [0.25, 0.3) is 0 Å². The van der Waals surface area contributed by atoms with E-state index in [-0.39, 0.29) is 11.5 Å². The van der Waals surface area contributed by atoms with Crippen molar-refractivity contribution in [3.05, 3.63) is 36.2 Å². The number of hydrogen-bond acceptors (Lipinski definition) is 3. The van der Waals surface area contributed by atoms with Crippen molar-refractivity contribution in [2.45, 2.75) is 33.7 Å². The summed E-state index contributed by atoms with van der Waals surface area (Å²) >= 11 is 0. The molecule has 0 aliphatic heterocycles. The lowest BCUT2D eigenvalue weighted by molar-refractivity contribution is 0.271. The summed E-state index contributed by atoms with van der Waals surface area (Å²) in [5.74, 6) is 0. The number of hydrogen-bond donors (Lipinski definition) is 1. The van der Waals surface area contributed by atoms with Crippen LogP contribution in [0.1, 0.15) is 39.4 Å². The summed E-state index contributed by atoms with van der Waals surface area (Å²) in [6.45, 7) is 9.70. The molecular weight excluding hydrogens is 222 g/mol. The van der Waals surface area contributed by atoms with Crippen LogP contribution in [0.2, 0.25) is 0 Å². The maximum absolute atomic E-state index is 4.74. The first-order valence-electron chi connectivity index (χ1n) is 6.47. The second-order valence-corrected chi connectivity index (χ2v) is 5.64. The summed E-state index contributed by atoms with van der Waals surface area (Å²) in [6, 6.07) is 8.21. The van der Waals surface area contributed by atoms with Crippen LogP contribution in [0.15, 0.2) is 30.5 Å². The molecule has 96 valence electrons. The predicted octanol–water partition coefficient (Wildman–Crippen LogP) is 3.33. The predicted molar refractivity (Wildman–Crippen MR) is 75.4 cm³/mol. The van der Waals surface area contributed by atoms with Crippen LogP contribution < -0.4 is 5.32 Å². The molecule has 2 aromatic rings. The van der Waals surface area contributed by atoms with E-state index in [1.165, 1.54) is 0 Å². The van der Waals surface area contributed by atoms with Crippen molar-refractivity contribution in [2.24, 2.45) is 5.41 Å². The fraction of sp³-hybridized carbons (Fsp3) is 0.467. The molecular formula is C15H21N3. The normalized spacial score (nSPS) is 13.8. The smallest absolute Gasteiger partial charge is 0.0890 e. The highest BCUT2D eigenvalue weighted by atomic mass is 15.0. The lowest BCUT2D eigenvalue weighted by Crippen LogP contribution is -2.33. The zero-order valence-electron chi connectivity index (χ0n) is 11.6. The monoisotopic (exact) mass is 243 g/mol. The van der Waals surface area contributed by atoms with Crippen LogP contribution in [0, 0.1) is 5.41 Å². The number of aromatic nitrogens is 2. The largest absolute Gasteiger partial charge is 0.308 e. The van der Waals surface area contributed by atoms with Gasteiger partial charge in [-0.15, -0.1) is 0 Å². The summed E-state index contributed by atoms with van der Waals surface area (Å²) in [7, 11) is 0. The average molecular weight is 243 g/mol. The molecule has 0 bridgehead atoms. The molecule has 18 heavy (non-hydrogen) atoms. The van der Waals surface area contributed by atoms with Crippen LogP contribution in [0.3, 0.4) is 0 Å². The van der Waals surface area contributed by atoms with Gasteiger partial charge in [-0.2, -0.15) is 0 Å². The van der Waals surface area contributed by atoms with Crippen molar-refractivity contribution in [3.63, 3.8) is 0 Å². The van der Waals surface area contributed by atoms with Crippen LogP contribution in [-0.2, 0) is 0 Å². The van der Waals surface area contributed by atoms with Crippen molar-refractivity contribution in [3.8, 4) is 0 Å². The summed E-state index contributed by atoms with van der Waals surface area (Å²) in [4.78, 5) is 9.23. The van der Waals surface area contributed by atoms with Crippen LogP contribution in [0.4, 0.5) is 0 Å². The number of benzene rings is 1. The Balaban J connectivity index is 2.44. The van der Waals surface area contributed by atoms with E-state index in [9.17, 15) is 0 Å². The maximum atomic E-state index is 4.74. The van der Waals surface area contributed by atoms with Gasteiger partial charge in [0.05, 0.1) is 29.0 Å². The van der Waals surface area contributed by atoms with E-state index in [4.69, 9.17) is 4.98 Å². The van der Waals surface area contributed by atoms with Gasteiger partial charge in [0.2, 0.25) is 0 Å². The Morgan fingerprint density at radius 2 is 1.83 bits per heavy atom. The number of nitrogens with one attached hydrogen (secondary N) is 1. The third-order valence-corrected chi connectivity index (χ3v) is 3.04. The molecule has 1 unspecified atom stereocenters. The van der Waals surface area contributed by atoms with E-state index in [1.54, 1.807) is 0 Å². The van der Waals surface area contributed by atoms with Crippen molar-refractivity contribution in [2.75, 3.05) is 6.54 Å². The van der Waals surface area contributed by atoms with Crippen molar-refractivity contribution < 1.29 is 0 Å². The van der Waals surface area contributed by atoms with Gasteiger partial charge in [-0.3, -0.25) is 4.98 Å². The first-order valence-corrected chi connectivity index (χ1v) is 6.47. The van der Waals surface area contributed by atoms with E-state index in [0.29, 0.717) is 0 Å². The Kier molecular flexibility index (Phi) is 3.62. The lowest BCUT2D eigenvalue weighted by atomic mass is 9.85. The van der Waals surface area contributed by atoms with Gasteiger partial charge < -0.3 is 5.32 Å². The SMILES string of the molecule is CCNC(c1cnc2ccccc2n1)C(C)(C)C. The molecule has 1 aromatic heterocycles. The molecule has 2 rings (SSSR count). The zero-order chi connectivity index (χ0) is 13.2. The summed E-state index contributed by atoms with van der Waals surface area (Å²) in [5, 5.41) is 3.50. The molecule has 3 nitrogen and oxygen atoms in total. The zero-order valence-corrected chi connectivity index (χ0v) is 11.6. The minimum atomic E-state index is 0.118. The number of rotatable bonds is 3. The van der Waals surface area contributed by atoms with Gasteiger partial charge in [-0.05, 0) is 24.1 Å². The van der Waals surface area contributed by atoms with Crippen molar-refractivity contribution in [1.29, 1.82) is 0 Å². The Morgan fingerprint density at radius 1 is 1.17 bits per heavy atom. The summed E-state index contributed by atoms with van der Waals surface area (Å²) in [6.07, 6.45) is 1.89. The topological polar surface area (TPSA) is 37.8 Å². The molecule has 1 N–H and O–H groups in total. The van der Waals surface area contributed by atoms with E-state index in [2.05, 4.69) is 38.0 Å². The second-order valence-electron chi connectivity index (χ2n) is 5.64. The number of fused-ring (bicyclic) bond motifs is 1. The van der Waals surface area contributed by atoms with E-state index in [0.717, 1.165) is 23.3 Å². The molecule has 0 spiro atoms. The minimum absolute atomic E-state index is 0.118. The van der Waals surface area contributed by atoms with Gasteiger partial charge in [0, 0.05) is 0 Å². The minimum Gasteiger partial charge on any atom is -0.308 e. The summed E-state index contributed by atoms with van der Waals surface area (Å²) in [5.41, 5.74) is 3.04. The second kappa shape index (κ2) is 5.02. The van der Waals surface area contributed by atoms with Crippen LogP contribution in [0.5, 0.6) is 0 Å². The third-order valence-electron chi connectivity index (χ3n) is 3.04. The molecule has 1 atom stereocenters. The fourth-order valence-electron chi connectivity index (χ4n) is 2.17. The maximum Gasteiger partial charge on any atom is 0.0890 e. The molecule has 1 aromatic carbocycles. The Labute approximate surface area is 109 Å². The lowest BCUT2D eigenvalue weighted by Gasteiger charge is -2.30. The van der Waals surface area contributed by atoms with Gasteiger partial charge >= 0.3 is 0 Å². The summed E-state index contributed by atoms with van der Waals surface area (Å²) < 4.78 is 0. The highest BCUT2D eigenvalue weighted by molar-refractivity contribution is 5.73. The third kappa shape index (κ3) is 2.67. The van der Waals surface area contributed by atoms with Gasteiger partial charge in [-0.1, -0.05) is 39.8 Å². The standard InChI is InChI=1S/C15H21N3/c1-5-16-14(15(2,3)4)13-10-17-11-8-6-7-9-12(11)18-13/h6-10,14,16H,5H2,1-4H3. The van der Waals surface area contributed by atoms with Gasteiger partial charge in [-0.25, -0.2) is 4.98 Å². The number of nitrogens with zero attached hydrogens (tertiary/aromatic N) is 2. The van der Waals surface area contributed by atoms with E-state index in [1.807, 2.05) is 30.5 Å². The first kappa shape index (κ1) is 13.0.